The Labute approximate surface area is 134 Å². The minimum absolute atomic E-state index is 0.312. The molecule has 118 valence electrons. The van der Waals surface area contributed by atoms with Gasteiger partial charge in [-0.15, -0.1) is 0 Å². The van der Waals surface area contributed by atoms with E-state index in [2.05, 4.69) is 56.1 Å². The van der Waals surface area contributed by atoms with Gasteiger partial charge < -0.3 is 10.2 Å². The summed E-state index contributed by atoms with van der Waals surface area (Å²) >= 11 is 6.52. The molecule has 1 aliphatic rings. The summed E-state index contributed by atoms with van der Waals surface area (Å²) in [7, 11) is 0. The molecule has 0 spiro atoms. The molecule has 1 aromatic carbocycles. The summed E-state index contributed by atoms with van der Waals surface area (Å²) in [6.07, 6.45) is 2.42. The van der Waals surface area contributed by atoms with Gasteiger partial charge >= 0.3 is 0 Å². The molecule has 1 fully saturated rings. The van der Waals surface area contributed by atoms with E-state index in [-0.39, 0.29) is 0 Å². The molecule has 1 saturated heterocycles. The summed E-state index contributed by atoms with van der Waals surface area (Å²) in [5.74, 6) is 1.58. The van der Waals surface area contributed by atoms with Gasteiger partial charge in [0.15, 0.2) is 0 Å². The number of benzene rings is 1. The van der Waals surface area contributed by atoms with Crippen molar-refractivity contribution in [1.29, 1.82) is 0 Å². The largest absolute Gasteiger partial charge is 0.371 e. The molecule has 0 amide bonds. The number of anilines is 1. The summed E-state index contributed by atoms with van der Waals surface area (Å²) in [6.45, 7) is 12.4. The van der Waals surface area contributed by atoms with Gasteiger partial charge in [0, 0.05) is 29.8 Å². The van der Waals surface area contributed by atoms with Crippen LogP contribution in [0.5, 0.6) is 0 Å². The fraction of sp³-hybridized carbons (Fsp3) is 0.667. The summed E-state index contributed by atoms with van der Waals surface area (Å²) in [5.41, 5.74) is 2.47. The molecule has 2 rings (SSSR count). The van der Waals surface area contributed by atoms with Crippen LogP contribution in [-0.2, 0) is 0 Å². The summed E-state index contributed by atoms with van der Waals surface area (Å²) in [4.78, 5) is 2.48. The van der Waals surface area contributed by atoms with Gasteiger partial charge in [-0.2, -0.15) is 0 Å². The molecule has 1 aliphatic heterocycles. The second kappa shape index (κ2) is 7.51. The lowest BCUT2D eigenvalue weighted by Crippen LogP contribution is -2.38. The van der Waals surface area contributed by atoms with Crippen molar-refractivity contribution < 1.29 is 0 Å². The van der Waals surface area contributed by atoms with Crippen molar-refractivity contribution in [2.75, 3.05) is 24.5 Å². The van der Waals surface area contributed by atoms with E-state index in [1.807, 2.05) is 0 Å². The van der Waals surface area contributed by atoms with Crippen LogP contribution in [0.1, 0.15) is 52.1 Å². The molecule has 0 saturated carbocycles. The van der Waals surface area contributed by atoms with Gasteiger partial charge in [0.25, 0.3) is 0 Å². The molecule has 1 heterocycles. The lowest BCUT2D eigenvalue weighted by molar-refractivity contribution is 0.324. The van der Waals surface area contributed by atoms with Crippen molar-refractivity contribution in [2.24, 2.45) is 11.8 Å². The van der Waals surface area contributed by atoms with Crippen molar-refractivity contribution in [3.8, 4) is 0 Å². The van der Waals surface area contributed by atoms with Crippen LogP contribution >= 0.6 is 11.6 Å². The van der Waals surface area contributed by atoms with Crippen molar-refractivity contribution >= 4 is 17.3 Å². The Kier molecular flexibility index (Phi) is 5.95. The first-order valence-corrected chi connectivity index (χ1v) is 8.68. The average Bonchev–Trinajstić information content (AvgIpc) is 2.47. The van der Waals surface area contributed by atoms with Crippen LogP contribution in [0.2, 0.25) is 5.02 Å². The molecule has 3 atom stereocenters. The van der Waals surface area contributed by atoms with E-state index in [4.69, 9.17) is 11.6 Å². The Hall–Kier alpha value is -0.730. The Balaban J connectivity index is 2.08. The molecular formula is C18H29ClN2. The second-order valence-corrected chi connectivity index (χ2v) is 6.98. The highest BCUT2D eigenvalue weighted by Gasteiger charge is 2.23. The molecule has 21 heavy (non-hydrogen) atoms. The number of hydrogen-bond acceptors (Lipinski definition) is 2. The third-order valence-electron chi connectivity index (χ3n) is 4.85. The Morgan fingerprint density at radius 3 is 2.71 bits per heavy atom. The van der Waals surface area contributed by atoms with Gasteiger partial charge in [-0.05, 0) is 55.8 Å². The number of rotatable bonds is 5. The molecule has 0 radical (unpaired) electrons. The number of halogens is 1. The quantitative estimate of drug-likeness (QED) is 0.833. The van der Waals surface area contributed by atoms with Crippen molar-refractivity contribution in [3.63, 3.8) is 0 Å². The van der Waals surface area contributed by atoms with Crippen LogP contribution in [-0.4, -0.2) is 19.6 Å². The normalized spacial score (nSPS) is 24.1. The molecule has 2 nitrogen and oxygen atoms in total. The van der Waals surface area contributed by atoms with E-state index in [0.717, 1.165) is 42.9 Å². The fourth-order valence-electron chi connectivity index (χ4n) is 3.03. The first kappa shape index (κ1) is 16.6. The predicted octanol–water partition coefficient (Wildman–Crippen LogP) is 4.88. The lowest BCUT2D eigenvalue weighted by Gasteiger charge is -2.37. The monoisotopic (exact) mass is 308 g/mol. The summed E-state index contributed by atoms with van der Waals surface area (Å²) < 4.78 is 0. The van der Waals surface area contributed by atoms with Gasteiger partial charge in [0.1, 0.15) is 0 Å². The molecule has 0 aromatic heterocycles. The number of nitrogens with one attached hydrogen (secondary N) is 1. The zero-order chi connectivity index (χ0) is 15.4. The van der Waals surface area contributed by atoms with E-state index in [1.165, 1.54) is 17.7 Å². The summed E-state index contributed by atoms with van der Waals surface area (Å²) in [5, 5.41) is 4.39. The first-order valence-electron chi connectivity index (χ1n) is 8.30. The highest BCUT2D eigenvalue weighted by atomic mass is 35.5. The molecule has 3 unspecified atom stereocenters. The maximum absolute atomic E-state index is 6.52. The smallest absolute Gasteiger partial charge is 0.0474 e. The third kappa shape index (κ3) is 4.14. The minimum Gasteiger partial charge on any atom is -0.371 e. The van der Waals surface area contributed by atoms with Gasteiger partial charge in [-0.1, -0.05) is 38.4 Å². The predicted molar refractivity (Wildman–Crippen MR) is 93.3 cm³/mol. The zero-order valence-electron chi connectivity index (χ0n) is 13.8. The minimum atomic E-state index is 0.312. The van der Waals surface area contributed by atoms with Gasteiger partial charge in [-0.25, -0.2) is 0 Å². The van der Waals surface area contributed by atoms with Gasteiger partial charge in [0.05, 0.1) is 0 Å². The van der Waals surface area contributed by atoms with Crippen molar-refractivity contribution in [2.45, 2.75) is 46.6 Å². The van der Waals surface area contributed by atoms with Gasteiger partial charge in [-0.3, -0.25) is 0 Å². The van der Waals surface area contributed by atoms with Crippen LogP contribution in [0.3, 0.4) is 0 Å². The average molecular weight is 309 g/mol. The number of nitrogens with zero attached hydrogens (tertiary/aromatic N) is 1. The highest BCUT2D eigenvalue weighted by Crippen LogP contribution is 2.31. The molecule has 3 heteroatoms. The summed E-state index contributed by atoms with van der Waals surface area (Å²) in [6, 6.07) is 6.87. The second-order valence-electron chi connectivity index (χ2n) is 6.57. The number of piperidine rings is 1. The maximum atomic E-state index is 6.52. The first-order chi connectivity index (χ1) is 10.0. The van der Waals surface area contributed by atoms with Crippen molar-refractivity contribution in [1.82, 2.24) is 5.32 Å². The van der Waals surface area contributed by atoms with E-state index < -0.39 is 0 Å². The Morgan fingerprint density at radius 2 is 2.10 bits per heavy atom. The molecule has 0 bridgehead atoms. The van der Waals surface area contributed by atoms with Crippen molar-refractivity contribution in [3.05, 3.63) is 28.8 Å². The molecule has 1 N–H and O–H groups in total. The van der Waals surface area contributed by atoms with Crippen LogP contribution in [0.4, 0.5) is 5.69 Å². The third-order valence-corrected chi connectivity index (χ3v) is 5.18. The topological polar surface area (TPSA) is 15.3 Å². The van der Waals surface area contributed by atoms with Crippen LogP contribution in [0, 0.1) is 11.8 Å². The van der Waals surface area contributed by atoms with Crippen LogP contribution in [0.25, 0.3) is 0 Å². The van der Waals surface area contributed by atoms with Crippen LogP contribution < -0.4 is 10.2 Å². The van der Waals surface area contributed by atoms with E-state index in [1.54, 1.807) is 0 Å². The van der Waals surface area contributed by atoms with Crippen LogP contribution in [0.15, 0.2) is 18.2 Å². The molecular weight excluding hydrogens is 280 g/mol. The van der Waals surface area contributed by atoms with E-state index >= 15 is 0 Å². The SMILES string of the molecule is CCCNC(C)c1ccc(N2CCC(C)C(C)C2)cc1Cl. The van der Waals surface area contributed by atoms with E-state index in [0.29, 0.717) is 6.04 Å². The molecule has 1 aromatic rings. The lowest BCUT2D eigenvalue weighted by atomic mass is 9.88. The molecule has 0 aliphatic carbocycles. The zero-order valence-corrected chi connectivity index (χ0v) is 14.6. The fourth-order valence-corrected chi connectivity index (χ4v) is 3.37. The maximum Gasteiger partial charge on any atom is 0.0474 e. The van der Waals surface area contributed by atoms with E-state index in [9.17, 15) is 0 Å². The standard InChI is InChI=1S/C18H29ClN2/c1-5-9-20-15(4)17-7-6-16(11-18(17)19)21-10-8-13(2)14(3)12-21/h6-7,11,13-15,20H,5,8-10,12H2,1-4H3. The Bertz CT molecular complexity index is 461. The van der Waals surface area contributed by atoms with Gasteiger partial charge in [0.2, 0.25) is 0 Å². The number of hydrogen-bond donors (Lipinski definition) is 1. The Morgan fingerprint density at radius 1 is 1.33 bits per heavy atom. The highest BCUT2D eigenvalue weighted by molar-refractivity contribution is 6.31.